The lowest BCUT2D eigenvalue weighted by Gasteiger charge is -2.14. The Hall–Kier alpha value is -3.06. The molecule has 0 aliphatic heterocycles. The highest BCUT2D eigenvalue weighted by Gasteiger charge is 2.15. The Kier molecular flexibility index (Phi) is 6.95. The van der Waals surface area contributed by atoms with E-state index in [2.05, 4.69) is 42.3 Å². The minimum atomic E-state index is -0.0920. The molecule has 3 rings (SSSR count). The van der Waals surface area contributed by atoms with E-state index in [-0.39, 0.29) is 5.91 Å². The monoisotopic (exact) mass is 426 g/mol. The van der Waals surface area contributed by atoms with Crippen LogP contribution in [0.4, 0.5) is 5.13 Å². The van der Waals surface area contributed by atoms with Gasteiger partial charge in [-0.05, 0) is 49.6 Å². The molecule has 0 fully saturated rings. The van der Waals surface area contributed by atoms with Crippen LogP contribution >= 0.6 is 11.3 Å². The first-order valence-corrected chi connectivity index (χ1v) is 10.4. The van der Waals surface area contributed by atoms with Crippen molar-refractivity contribution in [1.29, 1.82) is 0 Å². The van der Waals surface area contributed by atoms with Gasteiger partial charge in [-0.25, -0.2) is 4.98 Å². The van der Waals surface area contributed by atoms with E-state index in [0.717, 1.165) is 22.4 Å². The molecular weight excluding hydrogens is 400 g/mol. The third-order valence-corrected chi connectivity index (χ3v) is 5.54. The molecule has 0 aliphatic carbocycles. The fourth-order valence-electron chi connectivity index (χ4n) is 3.19. The predicted molar refractivity (Wildman–Crippen MR) is 120 cm³/mol. The van der Waals surface area contributed by atoms with Crippen molar-refractivity contribution in [1.82, 2.24) is 4.98 Å². The van der Waals surface area contributed by atoms with Crippen LogP contribution in [0.5, 0.6) is 17.2 Å². The first-order valence-electron chi connectivity index (χ1n) is 9.57. The molecule has 0 radical (unpaired) electrons. The van der Waals surface area contributed by atoms with Gasteiger partial charge in [-0.2, -0.15) is 0 Å². The second-order valence-electron chi connectivity index (χ2n) is 6.94. The van der Waals surface area contributed by atoms with Gasteiger partial charge in [0.15, 0.2) is 16.6 Å². The molecule has 1 N–H and O–H groups in total. The van der Waals surface area contributed by atoms with Crippen LogP contribution in [-0.2, 0) is 11.2 Å². The molecule has 1 heterocycles. The van der Waals surface area contributed by atoms with Gasteiger partial charge in [-0.3, -0.25) is 4.79 Å². The quantitative estimate of drug-likeness (QED) is 0.547. The van der Waals surface area contributed by atoms with Gasteiger partial charge in [-0.15, -0.1) is 11.3 Å². The summed E-state index contributed by atoms with van der Waals surface area (Å²) in [6.07, 6.45) is 0.856. The van der Waals surface area contributed by atoms with E-state index in [9.17, 15) is 4.79 Å². The number of methoxy groups -OCH3 is 3. The minimum absolute atomic E-state index is 0.0920. The second-order valence-corrected chi connectivity index (χ2v) is 7.80. The number of thiazole rings is 1. The number of anilines is 1. The number of aromatic nitrogens is 1. The van der Waals surface area contributed by atoms with Crippen LogP contribution in [0.15, 0.2) is 35.7 Å². The number of carbonyl (C=O) groups is 1. The Morgan fingerprint density at radius 1 is 1.03 bits per heavy atom. The zero-order valence-corrected chi connectivity index (χ0v) is 18.7. The zero-order chi connectivity index (χ0) is 21.7. The van der Waals surface area contributed by atoms with Crippen molar-refractivity contribution < 1.29 is 19.0 Å². The average Bonchev–Trinajstić information content (AvgIpc) is 3.21. The molecule has 1 aromatic heterocycles. The van der Waals surface area contributed by atoms with Crippen molar-refractivity contribution in [3.8, 4) is 28.5 Å². The summed E-state index contributed by atoms with van der Waals surface area (Å²) in [5.41, 5.74) is 5.23. The van der Waals surface area contributed by atoms with Crippen molar-refractivity contribution in [2.75, 3.05) is 26.6 Å². The summed E-state index contributed by atoms with van der Waals surface area (Å²) in [4.78, 5) is 17.0. The summed E-state index contributed by atoms with van der Waals surface area (Å²) < 4.78 is 16.1. The number of nitrogens with zero attached hydrogens (tertiary/aromatic N) is 1. The lowest BCUT2D eigenvalue weighted by Crippen LogP contribution is -2.12. The first-order chi connectivity index (χ1) is 14.4. The molecule has 0 bridgehead atoms. The topological polar surface area (TPSA) is 69.7 Å². The van der Waals surface area contributed by atoms with Crippen molar-refractivity contribution in [3.05, 3.63) is 52.4 Å². The van der Waals surface area contributed by atoms with Crippen LogP contribution in [0.3, 0.4) is 0 Å². The summed E-state index contributed by atoms with van der Waals surface area (Å²) in [5, 5.41) is 5.46. The maximum Gasteiger partial charge on any atom is 0.226 e. The highest BCUT2D eigenvalue weighted by molar-refractivity contribution is 7.14. The predicted octanol–water partition coefficient (Wildman–Crippen LogP) is 5.02. The number of rotatable bonds is 8. The SMILES string of the molecule is COc1cc(CCC(=O)Nc2nc(-c3cc(C)ccc3C)cs2)cc(OC)c1OC. The van der Waals surface area contributed by atoms with Gasteiger partial charge in [0.2, 0.25) is 11.7 Å². The molecular formula is C23H26N2O4S. The number of aryl methyl sites for hydroxylation is 3. The Labute approximate surface area is 180 Å². The fraction of sp³-hybridized carbons (Fsp3) is 0.304. The molecule has 7 heteroatoms. The molecule has 3 aromatic rings. The van der Waals surface area contributed by atoms with Gasteiger partial charge in [0.05, 0.1) is 27.0 Å². The van der Waals surface area contributed by atoms with Crippen LogP contribution < -0.4 is 19.5 Å². The van der Waals surface area contributed by atoms with Gasteiger partial charge in [0, 0.05) is 17.4 Å². The van der Waals surface area contributed by atoms with Gasteiger partial charge in [0.1, 0.15) is 0 Å². The highest BCUT2D eigenvalue weighted by atomic mass is 32.1. The minimum Gasteiger partial charge on any atom is -0.493 e. The van der Waals surface area contributed by atoms with Crippen LogP contribution in [0.25, 0.3) is 11.3 Å². The average molecular weight is 427 g/mol. The molecule has 2 aromatic carbocycles. The lowest BCUT2D eigenvalue weighted by molar-refractivity contribution is -0.116. The van der Waals surface area contributed by atoms with E-state index >= 15 is 0 Å². The second kappa shape index (κ2) is 9.63. The molecule has 0 saturated heterocycles. The molecule has 1 amide bonds. The number of ether oxygens (including phenoxy) is 3. The molecule has 158 valence electrons. The lowest BCUT2D eigenvalue weighted by atomic mass is 10.0. The largest absolute Gasteiger partial charge is 0.493 e. The third kappa shape index (κ3) is 4.91. The van der Waals surface area contributed by atoms with E-state index in [1.165, 1.54) is 16.9 Å². The molecule has 0 aliphatic rings. The van der Waals surface area contributed by atoms with Crippen LogP contribution in [0.2, 0.25) is 0 Å². The van der Waals surface area contributed by atoms with Crippen LogP contribution in [-0.4, -0.2) is 32.2 Å². The standard InChI is InChI=1S/C23H26N2O4S/c1-14-6-7-15(2)17(10-14)18-13-30-23(24-18)25-21(26)9-8-16-11-19(27-3)22(29-5)20(12-16)28-4/h6-7,10-13H,8-9H2,1-5H3,(H,24,25,26). The van der Waals surface area contributed by atoms with Crippen molar-refractivity contribution in [3.63, 3.8) is 0 Å². The number of benzene rings is 2. The summed E-state index contributed by atoms with van der Waals surface area (Å²) in [7, 11) is 4.71. The fourth-order valence-corrected chi connectivity index (χ4v) is 3.91. The third-order valence-electron chi connectivity index (χ3n) is 4.78. The Balaban J connectivity index is 1.66. The summed E-state index contributed by atoms with van der Waals surface area (Å²) in [5.74, 6) is 1.59. The number of carbonyl (C=O) groups excluding carboxylic acids is 1. The molecule has 30 heavy (non-hydrogen) atoms. The summed E-state index contributed by atoms with van der Waals surface area (Å²) >= 11 is 1.43. The van der Waals surface area contributed by atoms with Gasteiger partial charge in [0.25, 0.3) is 0 Å². The van der Waals surface area contributed by atoms with Crippen LogP contribution in [0.1, 0.15) is 23.1 Å². The van der Waals surface area contributed by atoms with E-state index in [0.29, 0.717) is 35.2 Å². The van der Waals surface area contributed by atoms with Gasteiger partial charge >= 0.3 is 0 Å². The zero-order valence-electron chi connectivity index (χ0n) is 17.9. The Morgan fingerprint density at radius 3 is 2.37 bits per heavy atom. The highest BCUT2D eigenvalue weighted by Crippen LogP contribution is 2.38. The van der Waals surface area contributed by atoms with Crippen molar-refractivity contribution in [2.45, 2.75) is 26.7 Å². The maximum absolute atomic E-state index is 12.5. The van der Waals surface area contributed by atoms with Crippen molar-refractivity contribution >= 4 is 22.4 Å². The Morgan fingerprint density at radius 2 is 1.73 bits per heavy atom. The van der Waals surface area contributed by atoms with E-state index in [1.807, 2.05) is 17.5 Å². The van der Waals surface area contributed by atoms with E-state index < -0.39 is 0 Å². The number of hydrogen-bond donors (Lipinski definition) is 1. The van der Waals surface area contributed by atoms with Gasteiger partial charge in [-0.1, -0.05) is 17.7 Å². The molecule has 0 spiro atoms. The number of nitrogens with one attached hydrogen (secondary N) is 1. The maximum atomic E-state index is 12.5. The first kappa shape index (κ1) is 21.6. The normalized spacial score (nSPS) is 10.6. The number of amides is 1. The van der Waals surface area contributed by atoms with E-state index in [4.69, 9.17) is 14.2 Å². The van der Waals surface area contributed by atoms with E-state index in [1.54, 1.807) is 21.3 Å². The Bertz CT molecular complexity index is 1020. The van der Waals surface area contributed by atoms with Crippen LogP contribution in [0, 0.1) is 13.8 Å². The molecule has 6 nitrogen and oxygen atoms in total. The summed E-state index contributed by atoms with van der Waals surface area (Å²) in [6.45, 7) is 4.12. The number of hydrogen-bond acceptors (Lipinski definition) is 6. The van der Waals surface area contributed by atoms with Gasteiger partial charge < -0.3 is 19.5 Å². The van der Waals surface area contributed by atoms with Crippen molar-refractivity contribution in [2.24, 2.45) is 0 Å². The molecule has 0 unspecified atom stereocenters. The summed E-state index contributed by atoms with van der Waals surface area (Å²) in [6, 6.07) is 9.99. The molecule has 0 saturated carbocycles. The molecule has 0 atom stereocenters. The smallest absolute Gasteiger partial charge is 0.226 e.